The molecule has 0 radical (unpaired) electrons. The molecule has 0 N–H and O–H groups in total. The summed E-state index contributed by atoms with van der Waals surface area (Å²) in [6.07, 6.45) is 3.75. The molecule has 7 rings (SSSR count). The minimum Gasteiger partial charge on any atom is -0.351 e. The molecule has 0 bridgehead atoms. The summed E-state index contributed by atoms with van der Waals surface area (Å²) in [5, 5.41) is 8.19. The fourth-order valence-corrected chi connectivity index (χ4v) is 5.82. The van der Waals surface area contributed by atoms with Gasteiger partial charge in [-0.1, -0.05) is 59.8 Å². The summed E-state index contributed by atoms with van der Waals surface area (Å²) in [6, 6.07) is 18.7. The molecular formula is C27H18FN5O3. The molecule has 3 aliphatic rings. The van der Waals surface area contributed by atoms with Gasteiger partial charge in [-0.25, -0.2) is 9.29 Å². The van der Waals surface area contributed by atoms with Crippen molar-refractivity contribution < 1.29 is 18.8 Å². The Morgan fingerprint density at radius 3 is 2.36 bits per heavy atom. The molecule has 9 heteroatoms. The summed E-state index contributed by atoms with van der Waals surface area (Å²) < 4.78 is 15.9. The van der Waals surface area contributed by atoms with E-state index in [1.54, 1.807) is 30.3 Å². The van der Waals surface area contributed by atoms with Gasteiger partial charge >= 0.3 is 0 Å². The number of hydrogen-bond acceptors (Lipinski definition) is 6. The highest BCUT2D eigenvalue weighted by atomic mass is 19.1. The lowest BCUT2D eigenvalue weighted by Gasteiger charge is -2.36. The molecule has 4 unspecified atom stereocenters. The van der Waals surface area contributed by atoms with Crippen molar-refractivity contribution in [2.75, 3.05) is 9.80 Å². The number of hydrogen-bond donors (Lipinski definition) is 0. The van der Waals surface area contributed by atoms with E-state index >= 15 is 0 Å². The van der Waals surface area contributed by atoms with E-state index in [1.807, 2.05) is 41.3 Å². The van der Waals surface area contributed by atoms with Crippen molar-refractivity contribution in [2.45, 2.75) is 12.1 Å². The molecule has 4 aromatic rings. The number of anilines is 2. The van der Waals surface area contributed by atoms with Crippen LogP contribution < -0.4 is 9.80 Å². The molecule has 3 aliphatic heterocycles. The zero-order chi connectivity index (χ0) is 24.6. The molecule has 176 valence electrons. The van der Waals surface area contributed by atoms with Crippen molar-refractivity contribution in [1.82, 2.24) is 15.0 Å². The van der Waals surface area contributed by atoms with Crippen LogP contribution in [0.15, 0.2) is 78.9 Å². The van der Waals surface area contributed by atoms with E-state index in [0.717, 1.165) is 16.2 Å². The topological polar surface area (TPSA) is 88.4 Å². The van der Waals surface area contributed by atoms with E-state index in [1.165, 1.54) is 22.9 Å². The Balaban J connectivity index is 1.41. The molecule has 3 aromatic carbocycles. The minimum atomic E-state index is -1.04. The van der Waals surface area contributed by atoms with Gasteiger partial charge in [-0.15, -0.1) is 5.10 Å². The summed E-state index contributed by atoms with van der Waals surface area (Å²) in [5.41, 5.74) is 2.57. The van der Waals surface area contributed by atoms with Crippen molar-refractivity contribution in [3.8, 4) is 0 Å². The molecule has 1 aromatic heterocycles. The van der Waals surface area contributed by atoms with E-state index < -0.39 is 47.5 Å². The van der Waals surface area contributed by atoms with Gasteiger partial charge in [0, 0.05) is 5.69 Å². The van der Waals surface area contributed by atoms with Crippen LogP contribution in [0.4, 0.5) is 15.8 Å². The van der Waals surface area contributed by atoms with Gasteiger partial charge in [0.2, 0.25) is 11.8 Å². The van der Waals surface area contributed by atoms with Gasteiger partial charge in [-0.2, -0.15) is 4.68 Å². The van der Waals surface area contributed by atoms with Gasteiger partial charge in [0.15, 0.2) is 0 Å². The highest BCUT2D eigenvalue weighted by molar-refractivity contribution is 6.25. The van der Waals surface area contributed by atoms with Crippen LogP contribution in [0, 0.1) is 17.7 Å². The second-order valence-corrected chi connectivity index (χ2v) is 9.10. The third kappa shape index (κ3) is 2.65. The summed E-state index contributed by atoms with van der Waals surface area (Å²) in [7, 11) is 0. The normalized spacial score (nSPS) is 24.2. The third-order valence-electron chi connectivity index (χ3n) is 7.32. The van der Waals surface area contributed by atoms with Crippen LogP contribution in [0.2, 0.25) is 0 Å². The molecule has 4 heterocycles. The average Bonchev–Trinajstić information content (AvgIpc) is 3.55. The van der Waals surface area contributed by atoms with Crippen molar-refractivity contribution >= 4 is 46.2 Å². The molecule has 2 saturated heterocycles. The molecule has 36 heavy (non-hydrogen) atoms. The molecule has 0 spiro atoms. The molecule has 4 atom stereocenters. The predicted molar refractivity (Wildman–Crippen MR) is 130 cm³/mol. The number of fused-ring (bicyclic) bond motifs is 6. The van der Waals surface area contributed by atoms with Gasteiger partial charge < -0.3 is 4.90 Å². The van der Waals surface area contributed by atoms with Gasteiger partial charge in [-0.3, -0.25) is 14.4 Å². The summed E-state index contributed by atoms with van der Waals surface area (Å²) in [5.74, 6) is -4.14. The zero-order valence-electron chi connectivity index (χ0n) is 18.7. The summed E-state index contributed by atoms with van der Waals surface area (Å²) in [6.45, 7) is 0. The number of nitrogens with zero attached hydrogens (tertiary/aromatic N) is 5. The lowest BCUT2D eigenvalue weighted by molar-refractivity contribution is -0.123. The quantitative estimate of drug-likeness (QED) is 0.410. The first-order valence-corrected chi connectivity index (χ1v) is 11.6. The Labute approximate surface area is 204 Å². The van der Waals surface area contributed by atoms with E-state index in [2.05, 4.69) is 10.3 Å². The van der Waals surface area contributed by atoms with Crippen LogP contribution >= 0.6 is 0 Å². The maximum absolute atomic E-state index is 14.7. The van der Waals surface area contributed by atoms with E-state index in [9.17, 15) is 18.8 Å². The number of amides is 2. The largest absolute Gasteiger partial charge is 0.351 e. The van der Waals surface area contributed by atoms with E-state index in [4.69, 9.17) is 0 Å². The monoisotopic (exact) mass is 479 g/mol. The number of rotatable bonds is 2. The molecule has 0 aliphatic carbocycles. The Hall–Kier alpha value is -4.66. The van der Waals surface area contributed by atoms with Crippen LogP contribution in [0.3, 0.4) is 0 Å². The Morgan fingerprint density at radius 1 is 0.833 bits per heavy atom. The van der Waals surface area contributed by atoms with Gasteiger partial charge in [0.05, 0.1) is 29.1 Å². The fourth-order valence-electron chi connectivity index (χ4n) is 5.82. The zero-order valence-corrected chi connectivity index (χ0v) is 18.7. The number of benzene rings is 3. The fraction of sp³-hybridized carbons (Fsp3) is 0.148. The Kier molecular flexibility index (Phi) is 4.26. The van der Waals surface area contributed by atoms with Crippen molar-refractivity contribution in [1.29, 1.82) is 0 Å². The molecule has 0 saturated carbocycles. The smallest absolute Gasteiger partial charge is 0.272 e. The highest BCUT2D eigenvalue weighted by Gasteiger charge is 2.65. The predicted octanol–water partition coefficient (Wildman–Crippen LogP) is 3.30. The van der Waals surface area contributed by atoms with E-state index in [-0.39, 0.29) is 5.69 Å². The lowest BCUT2D eigenvalue weighted by Crippen LogP contribution is -2.50. The first-order valence-electron chi connectivity index (χ1n) is 11.6. The average molecular weight is 479 g/mol. The van der Waals surface area contributed by atoms with Crippen molar-refractivity contribution in [3.63, 3.8) is 0 Å². The highest BCUT2D eigenvalue weighted by Crippen LogP contribution is 2.49. The van der Waals surface area contributed by atoms with Gasteiger partial charge in [0.25, 0.3) is 5.91 Å². The van der Waals surface area contributed by atoms with Gasteiger partial charge in [-0.05, 0) is 35.9 Å². The number of imide groups is 1. The number of carbonyl (C=O) groups is 3. The minimum absolute atomic E-state index is 0.106. The van der Waals surface area contributed by atoms with Crippen molar-refractivity contribution in [2.24, 2.45) is 11.8 Å². The Morgan fingerprint density at radius 2 is 1.53 bits per heavy atom. The van der Waals surface area contributed by atoms with E-state index in [0.29, 0.717) is 11.0 Å². The van der Waals surface area contributed by atoms with Crippen LogP contribution in [-0.2, 0) is 9.59 Å². The van der Waals surface area contributed by atoms with Crippen LogP contribution in [-0.4, -0.2) is 44.8 Å². The van der Waals surface area contributed by atoms with Crippen LogP contribution in [0.5, 0.6) is 0 Å². The number of aromatic nitrogens is 3. The number of carbonyl (C=O) groups excluding carboxylic acids is 3. The standard InChI is InChI=1S/C27H18FN5O3/c28-16-8-2-5-11-19(16)32-25(34)22-21-14-13-15-7-1-4-10-18(15)31(21)24(23(22)26(32)35)27(36)33-20-12-6-3-9-17(20)29-30-33/h1-14,21-24H. The molecule has 2 fully saturated rings. The summed E-state index contributed by atoms with van der Waals surface area (Å²) >= 11 is 0. The molecular weight excluding hydrogens is 461 g/mol. The Bertz CT molecular complexity index is 1630. The second-order valence-electron chi connectivity index (χ2n) is 9.10. The number of halogens is 1. The van der Waals surface area contributed by atoms with Crippen molar-refractivity contribution in [3.05, 3.63) is 90.3 Å². The molecule has 2 amide bonds. The maximum atomic E-state index is 14.7. The van der Waals surface area contributed by atoms with Crippen LogP contribution in [0.25, 0.3) is 17.1 Å². The second kappa shape index (κ2) is 7.42. The SMILES string of the molecule is O=C1C2C(C(=O)N1c1ccccc1F)C(C(=O)n1nnc3ccccc31)N1c3ccccc3C=CC21. The number of para-hydroxylation sites is 3. The molecule has 8 nitrogen and oxygen atoms in total. The first-order chi connectivity index (χ1) is 17.6. The third-order valence-corrected chi connectivity index (χ3v) is 7.32. The maximum Gasteiger partial charge on any atom is 0.272 e. The van der Waals surface area contributed by atoms with Crippen LogP contribution in [0.1, 0.15) is 10.4 Å². The summed E-state index contributed by atoms with van der Waals surface area (Å²) in [4.78, 5) is 44.4. The lowest BCUT2D eigenvalue weighted by atomic mass is 9.88. The van der Waals surface area contributed by atoms with Gasteiger partial charge in [0.1, 0.15) is 17.4 Å². The first kappa shape index (κ1) is 20.7.